The van der Waals surface area contributed by atoms with Gasteiger partial charge in [-0.05, 0) is 30.9 Å². The predicted molar refractivity (Wildman–Crippen MR) is 87.3 cm³/mol. The summed E-state index contributed by atoms with van der Waals surface area (Å²) in [5.41, 5.74) is 2.79. The third-order valence-corrected chi connectivity index (χ3v) is 5.34. The molecule has 0 aromatic heterocycles. The first-order valence-electron chi connectivity index (χ1n) is 6.68. The van der Waals surface area contributed by atoms with Gasteiger partial charge in [-0.2, -0.15) is 0 Å². The van der Waals surface area contributed by atoms with E-state index < -0.39 is 0 Å². The van der Waals surface area contributed by atoms with Crippen LogP contribution in [-0.4, -0.2) is 11.8 Å². The summed E-state index contributed by atoms with van der Waals surface area (Å²) in [4.78, 5) is 0. The highest BCUT2D eigenvalue weighted by molar-refractivity contribution is 8.76. The molecule has 0 aliphatic carbocycles. The Morgan fingerprint density at radius 3 is 2.00 bits per heavy atom. The van der Waals surface area contributed by atoms with Gasteiger partial charge in [-0.25, -0.2) is 0 Å². The minimum absolute atomic E-state index is 0.385. The fraction of sp³-hybridized carbons (Fsp3) is 0.600. The minimum Gasteiger partial charge on any atom is -0.299 e. The molecule has 0 aliphatic rings. The van der Waals surface area contributed by atoms with Crippen LogP contribution in [0.5, 0.6) is 0 Å². The summed E-state index contributed by atoms with van der Waals surface area (Å²) in [6.45, 7) is 11.1. The van der Waals surface area contributed by atoms with Crippen molar-refractivity contribution in [1.82, 2.24) is 5.32 Å². The van der Waals surface area contributed by atoms with Crippen LogP contribution in [0, 0.1) is 0 Å². The number of hydrogen-bond donors (Lipinski definition) is 1. The van der Waals surface area contributed by atoms with Crippen LogP contribution in [0.3, 0.4) is 0 Å². The van der Waals surface area contributed by atoms with Gasteiger partial charge in [0.1, 0.15) is 0 Å². The molecule has 0 heterocycles. The van der Waals surface area contributed by atoms with Gasteiger partial charge >= 0.3 is 0 Å². The fourth-order valence-corrected chi connectivity index (χ4v) is 3.86. The number of rotatable bonds is 7. The van der Waals surface area contributed by atoms with Crippen LogP contribution in [0.2, 0.25) is 0 Å². The van der Waals surface area contributed by atoms with E-state index in [1.165, 1.54) is 11.1 Å². The maximum absolute atomic E-state index is 3.62. The van der Waals surface area contributed by atoms with E-state index in [-0.39, 0.29) is 0 Å². The average molecular weight is 284 g/mol. The molecule has 0 saturated carbocycles. The number of benzene rings is 1. The summed E-state index contributed by atoms with van der Waals surface area (Å²) in [6.07, 6.45) is 0. The van der Waals surface area contributed by atoms with Crippen LogP contribution in [0.25, 0.3) is 0 Å². The summed E-state index contributed by atoms with van der Waals surface area (Å²) < 4.78 is 0. The second kappa shape index (κ2) is 8.13. The molecule has 1 nitrogen and oxygen atoms in total. The lowest BCUT2D eigenvalue weighted by atomic mass is 10.0. The van der Waals surface area contributed by atoms with Crippen molar-refractivity contribution < 1.29 is 0 Å². The molecule has 0 spiro atoms. The van der Waals surface area contributed by atoms with Gasteiger partial charge in [0.15, 0.2) is 0 Å². The van der Waals surface area contributed by atoms with E-state index in [1.807, 2.05) is 21.6 Å². The molecule has 0 bridgehead atoms. The van der Waals surface area contributed by atoms with Crippen molar-refractivity contribution in [1.29, 1.82) is 0 Å². The third-order valence-electron chi connectivity index (χ3n) is 2.67. The Hall–Kier alpha value is -0.120. The molecule has 1 aromatic rings. The smallest absolute Gasteiger partial charge is 0.0894 e. The molecule has 0 radical (unpaired) electrons. The normalized spacial score (nSPS) is 13.3. The molecule has 0 amide bonds. The van der Waals surface area contributed by atoms with E-state index in [2.05, 4.69) is 64.2 Å². The number of nitrogens with one attached hydrogen (secondary N) is 1. The average Bonchev–Trinajstić information content (AvgIpc) is 2.34. The minimum atomic E-state index is 0.385. The Kier molecular flexibility index (Phi) is 7.20. The van der Waals surface area contributed by atoms with Crippen LogP contribution in [0.15, 0.2) is 24.3 Å². The van der Waals surface area contributed by atoms with Crippen molar-refractivity contribution in [2.45, 2.75) is 52.0 Å². The first kappa shape index (κ1) is 15.9. The molecule has 0 aliphatic heterocycles. The van der Waals surface area contributed by atoms with Crippen molar-refractivity contribution in [2.24, 2.45) is 0 Å². The third kappa shape index (κ3) is 5.25. The first-order chi connectivity index (χ1) is 8.54. The van der Waals surface area contributed by atoms with Crippen molar-refractivity contribution in [3.8, 4) is 0 Å². The van der Waals surface area contributed by atoms with Gasteiger partial charge in [0.2, 0.25) is 0 Å². The zero-order valence-electron chi connectivity index (χ0n) is 12.1. The van der Waals surface area contributed by atoms with Crippen LogP contribution < -0.4 is 5.32 Å². The van der Waals surface area contributed by atoms with E-state index in [0.717, 1.165) is 5.75 Å². The van der Waals surface area contributed by atoms with E-state index in [1.54, 1.807) is 0 Å². The molecular formula is C15H25NS2. The molecule has 1 N–H and O–H groups in total. The number of hydrogen-bond acceptors (Lipinski definition) is 3. The molecule has 1 aromatic carbocycles. The van der Waals surface area contributed by atoms with Gasteiger partial charge in [0, 0.05) is 11.8 Å². The molecule has 102 valence electrons. The topological polar surface area (TPSA) is 12.0 Å². The van der Waals surface area contributed by atoms with Crippen LogP contribution in [0.4, 0.5) is 0 Å². The summed E-state index contributed by atoms with van der Waals surface area (Å²) >= 11 is 0. The van der Waals surface area contributed by atoms with Crippen molar-refractivity contribution in [3.63, 3.8) is 0 Å². The highest BCUT2D eigenvalue weighted by Crippen LogP contribution is 2.36. The molecule has 1 rings (SSSR count). The predicted octanol–water partition coefficient (Wildman–Crippen LogP) is 5.21. The van der Waals surface area contributed by atoms with E-state index in [4.69, 9.17) is 0 Å². The summed E-state index contributed by atoms with van der Waals surface area (Å²) in [5.74, 6) is 1.75. The van der Waals surface area contributed by atoms with Gasteiger partial charge in [0.05, 0.1) is 5.37 Å². The second-order valence-electron chi connectivity index (χ2n) is 5.03. The molecule has 0 saturated heterocycles. The van der Waals surface area contributed by atoms with Gasteiger partial charge in [0.25, 0.3) is 0 Å². The van der Waals surface area contributed by atoms with E-state index >= 15 is 0 Å². The van der Waals surface area contributed by atoms with Gasteiger partial charge in [-0.3, -0.25) is 5.32 Å². The van der Waals surface area contributed by atoms with Crippen LogP contribution in [-0.2, 0) is 0 Å². The highest BCUT2D eigenvalue weighted by atomic mass is 33.1. The van der Waals surface area contributed by atoms with Crippen LogP contribution in [0.1, 0.15) is 57.0 Å². The monoisotopic (exact) mass is 283 g/mol. The highest BCUT2D eigenvalue weighted by Gasteiger charge is 2.13. The van der Waals surface area contributed by atoms with E-state index in [0.29, 0.717) is 17.3 Å². The first-order valence-corrected chi connectivity index (χ1v) is 9.07. The largest absolute Gasteiger partial charge is 0.299 e. The maximum atomic E-state index is 3.62. The fourth-order valence-electron chi connectivity index (χ4n) is 1.67. The molecule has 1 atom stereocenters. The van der Waals surface area contributed by atoms with Gasteiger partial charge in [-0.15, -0.1) is 0 Å². The van der Waals surface area contributed by atoms with Crippen molar-refractivity contribution in [3.05, 3.63) is 35.4 Å². The zero-order chi connectivity index (χ0) is 13.5. The van der Waals surface area contributed by atoms with Crippen molar-refractivity contribution >= 4 is 21.6 Å². The van der Waals surface area contributed by atoms with E-state index in [9.17, 15) is 0 Å². The Morgan fingerprint density at radius 1 is 1.00 bits per heavy atom. The zero-order valence-corrected chi connectivity index (χ0v) is 13.7. The Labute approximate surface area is 120 Å². The Bertz CT molecular complexity index is 333. The lowest BCUT2D eigenvalue weighted by molar-refractivity contribution is 0.580. The molecule has 3 heteroatoms. The maximum Gasteiger partial charge on any atom is 0.0894 e. The standard InChI is InChI=1S/C15H25NS2/c1-6-17-18-15(16-12(4)5)14-9-7-13(8-10-14)11(2)3/h7-12,15-16H,6H2,1-5H3. The summed E-state index contributed by atoms with van der Waals surface area (Å²) in [6, 6.07) is 9.54. The quantitative estimate of drug-likeness (QED) is 0.545. The lowest BCUT2D eigenvalue weighted by Crippen LogP contribution is -2.25. The molecule has 0 fully saturated rings. The Balaban J connectivity index is 2.77. The lowest BCUT2D eigenvalue weighted by Gasteiger charge is -2.21. The SMILES string of the molecule is CCSSC(NC(C)C)c1ccc(C(C)C)cc1. The summed E-state index contributed by atoms with van der Waals surface area (Å²) in [7, 11) is 3.84. The van der Waals surface area contributed by atoms with Crippen LogP contribution >= 0.6 is 21.6 Å². The summed E-state index contributed by atoms with van der Waals surface area (Å²) in [5, 5.41) is 4.01. The van der Waals surface area contributed by atoms with Gasteiger partial charge < -0.3 is 0 Å². The van der Waals surface area contributed by atoms with Gasteiger partial charge in [-0.1, -0.05) is 66.6 Å². The van der Waals surface area contributed by atoms with Crippen molar-refractivity contribution in [2.75, 3.05) is 5.75 Å². The Morgan fingerprint density at radius 2 is 1.56 bits per heavy atom. The molecule has 1 unspecified atom stereocenters. The molecule has 18 heavy (non-hydrogen) atoms. The second-order valence-corrected chi connectivity index (χ2v) is 7.79. The molecular weight excluding hydrogens is 258 g/mol.